The summed E-state index contributed by atoms with van der Waals surface area (Å²) in [6, 6.07) is 20.8. The van der Waals surface area contributed by atoms with Gasteiger partial charge in [-0.25, -0.2) is 4.68 Å². The molecule has 3 heterocycles. The first-order valence-electron chi connectivity index (χ1n) is 11.6. The van der Waals surface area contributed by atoms with Gasteiger partial charge in [0.05, 0.1) is 22.6 Å². The van der Waals surface area contributed by atoms with Crippen molar-refractivity contribution < 1.29 is 14.1 Å². The van der Waals surface area contributed by atoms with E-state index in [1.807, 2.05) is 73.3 Å². The Hall–Kier alpha value is -4.72. The number of hydrogen-bond donors (Lipinski definition) is 1. The van der Waals surface area contributed by atoms with Crippen molar-refractivity contribution in [1.82, 2.24) is 25.2 Å². The average Bonchev–Trinajstić information content (AvgIpc) is 3.50. The minimum atomic E-state index is -0.203. The molecule has 0 aliphatic carbocycles. The smallest absolute Gasteiger partial charge is 0.251 e. The third kappa shape index (κ3) is 5.02. The standard InChI is InChI=1S/C28H25N5O3/c1-19-26(20(2)36-32-19)18-35-25-10-6-7-22(15-25)28(34)30-16-23-17-33(24-8-4-3-5-9-24)31-27(23)21-11-13-29-14-12-21/h3-15,17H,16,18H2,1-2H3,(H,30,34). The van der Waals surface area contributed by atoms with Crippen LogP contribution in [0.2, 0.25) is 0 Å². The fourth-order valence-corrected chi connectivity index (χ4v) is 3.87. The predicted octanol–water partition coefficient (Wildman–Crippen LogP) is 5.05. The van der Waals surface area contributed by atoms with Crippen LogP contribution in [0.4, 0.5) is 0 Å². The van der Waals surface area contributed by atoms with Gasteiger partial charge in [-0.1, -0.05) is 29.4 Å². The van der Waals surface area contributed by atoms with E-state index in [0.29, 0.717) is 24.5 Å². The number of pyridine rings is 1. The minimum absolute atomic E-state index is 0.203. The van der Waals surface area contributed by atoms with E-state index in [0.717, 1.165) is 39.5 Å². The van der Waals surface area contributed by atoms with Gasteiger partial charge in [0, 0.05) is 41.8 Å². The van der Waals surface area contributed by atoms with Gasteiger partial charge in [-0.3, -0.25) is 9.78 Å². The number of aryl methyl sites for hydroxylation is 2. The number of ether oxygens (including phenoxy) is 1. The molecule has 0 radical (unpaired) electrons. The molecular formula is C28H25N5O3. The van der Waals surface area contributed by atoms with Crippen molar-refractivity contribution in [3.8, 4) is 22.7 Å². The fraction of sp³-hybridized carbons (Fsp3) is 0.143. The molecule has 8 nitrogen and oxygen atoms in total. The van der Waals surface area contributed by atoms with Gasteiger partial charge in [-0.15, -0.1) is 0 Å². The number of nitrogens with zero attached hydrogens (tertiary/aromatic N) is 4. The molecule has 0 fully saturated rings. The summed E-state index contributed by atoms with van der Waals surface area (Å²) in [5, 5.41) is 11.7. The molecule has 1 N–H and O–H groups in total. The van der Waals surface area contributed by atoms with E-state index in [4.69, 9.17) is 14.4 Å². The van der Waals surface area contributed by atoms with Gasteiger partial charge < -0.3 is 14.6 Å². The predicted molar refractivity (Wildman–Crippen MR) is 135 cm³/mol. The monoisotopic (exact) mass is 479 g/mol. The van der Waals surface area contributed by atoms with E-state index >= 15 is 0 Å². The lowest BCUT2D eigenvalue weighted by molar-refractivity contribution is 0.0950. The van der Waals surface area contributed by atoms with Crippen LogP contribution in [0.5, 0.6) is 5.75 Å². The summed E-state index contributed by atoms with van der Waals surface area (Å²) in [6.45, 7) is 4.36. The summed E-state index contributed by atoms with van der Waals surface area (Å²) in [7, 11) is 0. The molecular weight excluding hydrogens is 454 g/mol. The second-order valence-electron chi connectivity index (χ2n) is 8.32. The lowest BCUT2D eigenvalue weighted by Gasteiger charge is -2.09. The molecule has 0 spiro atoms. The molecule has 8 heteroatoms. The number of carbonyl (C=O) groups is 1. The summed E-state index contributed by atoms with van der Waals surface area (Å²) >= 11 is 0. The Bertz CT molecular complexity index is 1460. The molecule has 5 aromatic rings. The summed E-state index contributed by atoms with van der Waals surface area (Å²) in [6.07, 6.45) is 5.40. The van der Waals surface area contributed by atoms with Crippen LogP contribution in [0.1, 0.15) is 32.9 Å². The molecule has 0 unspecified atom stereocenters. The fourth-order valence-electron chi connectivity index (χ4n) is 3.87. The van der Waals surface area contributed by atoms with Gasteiger partial charge >= 0.3 is 0 Å². The van der Waals surface area contributed by atoms with Gasteiger partial charge in [0.25, 0.3) is 5.91 Å². The van der Waals surface area contributed by atoms with Crippen molar-refractivity contribution in [2.75, 3.05) is 0 Å². The molecule has 0 aliphatic rings. The van der Waals surface area contributed by atoms with Crippen LogP contribution in [-0.4, -0.2) is 25.8 Å². The molecule has 0 aliphatic heterocycles. The highest BCUT2D eigenvalue weighted by molar-refractivity contribution is 5.94. The Balaban J connectivity index is 1.32. The number of hydrogen-bond acceptors (Lipinski definition) is 6. The molecule has 3 aromatic heterocycles. The van der Waals surface area contributed by atoms with E-state index in [1.165, 1.54) is 0 Å². The Labute approximate surface area is 208 Å². The highest BCUT2D eigenvalue weighted by Gasteiger charge is 2.15. The number of para-hydroxylation sites is 1. The normalized spacial score (nSPS) is 10.8. The SMILES string of the molecule is Cc1noc(C)c1COc1cccc(C(=O)NCc2cn(-c3ccccc3)nc2-c2ccncc2)c1. The molecule has 36 heavy (non-hydrogen) atoms. The zero-order valence-corrected chi connectivity index (χ0v) is 20.0. The molecule has 5 rings (SSSR count). The van der Waals surface area contributed by atoms with E-state index in [9.17, 15) is 4.79 Å². The summed E-state index contributed by atoms with van der Waals surface area (Å²) in [5.41, 5.74) is 5.76. The van der Waals surface area contributed by atoms with Gasteiger partial charge in [-0.05, 0) is 56.3 Å². The number of nitrogens with one attached hydrogen (secondary N) is 1. The van der Waals surface area contributed by atoms with Crippen LogP contribution in [0.3, 0.4) is 0 Å². The first-order valence-corrected chi connectivity index (χ1v) is 11.6. The lowest BCUT2D eigenvalue weighted by Crippen LogP contribution is -2.22. The number of carbonyl (C=O) groups excluding carboxylic acids is 1. The number of aromatic nitrogens is 4. The minimum Gasteiger partial charge on any atom is -0.489 e. The highest BCUT2D eigenvalue weighted by atomic mass is 16.5. The number of benzene rings is 2. The third-order valence-corrected chi connectivity index (χ3v) is 5.86. The zero-order chi connectivity index (χ0) is 24.9. The summed E-state index contributed by atoms with van der Waals surface area (Å²) in [4.78, 5) is 17.1. The first-order chi connectivity index (χ1) is 17.6. The Morgan fingerprint density at radius 3 is 2.58 bits per heavy atom. The average molecular weight is 480 g/mol. The Morgan fingerprint density at radius 2 is 1.83 bits per heavy atom. The molecule has 0 saturated heterocycles. The Kier molecular flexibility index (Phi) is 6.57. The van der Waals surface area contributed by atoms with E-state index in [-0.39, 0.29) is 5.91 Å². The van der Waals surface area contributed by atoms with E-state index in [2.05, 4.69) is 15.5 Å². The van der Waals surface area contributed by atoms with Crippen molar-refractivity contribution in [2.24, 2.45) is 0 Å². The molecule has 0 saturated carbocycles. The van der Waals surface area contributed by atoms with Gasteiger partial charge in [-0.2, -0.15) is 5.10 Å². The van der Waals surface area contributed by atoms with Crippen molar-refractivity contribution in [3.05, 3.63) is 113 Å². The van der Waals surface area contributed by atoms with Gasteiger partial charge in [0.15, 0.2) is 0 Å². The Morgan fingerprint density at radius 1 is 1.03 bits per heavy atom. The maximum absolute atomic E-state index is 13.0. The van der Waals surface area contributed by atoms with Crippen LogP contribution in [-0.2, 0) is 13.2 Å². The molecule has 180 valence electrons. The van der Waals surface area contributed by atoms with Crippen molar-refractivity contribution in [1.29, 1.82) is 0 Å². The summed E-state index contributed by atoms with van der Waals surface area (Å²) < 4.78 is 12.9. The van der Waals surface area contributed by atoms with E-state index in [1.54, 1.807) is 30.6 Å². The maximum atomic E-state index is 13.0. The van der Waals surface area contributed by atoms with Crippen LogP contribution in [0, 0.1) is 13.8 Å². The summed E-state index contributed by atoms with van der Waals surface area (Å²) in [5.74, 6) is 1.12. The lowest BCUT2D eigenvalue weighted by atomic mass is 10.1. The topological polar surface area (TPSA) is 95.1 Å². The van der Waals surface area contributed by atoms with E-state index < -0.39 is 0 Å². The molecule has 0 bridgehead atoms. The van der Waals surface area contributed by atoms with Crippen LogP contribution < -0.4 is 10.1 Å². The van der Waals surface area contributed by atoms with Crippen molar-refractivity contribution in [2.45, 2.75) is 27.0 Å². The number of amides is 1. The van der Waals surface area contributed by atoms with Crippen molar-refractivity contribution in [3.63, 3.8) is 0 Å². The quantitative estimate of drug-likeness (QED) is 0.335. The molecule has 0 atom stereocenters. The third-order valence-electron chi connectivity index (χ3n) is 5.86. The largest absolute Gasteiger partial charge is 0.489 e. The highest BCUT2D eigenvalue weighted by Crippen LogP contribution is 2.24. The molecule has 2 aromatic carbocycles. The van der Waals surface area contributed by atoms with Crippen molar-refractivity contribution >= 4 is 5.91 Å². The van der Waals surface area contributed by atoms with Gasteiger partial charge in [0.2, 0.25) is 0 Å². The zero-order valence-electron chi connectivity index (χ0n) is 20.0. The van der Waals surface area contributed by atoms with Gasteiger partial charge in [0.1, 0.15) is 18.1 Å². The molecule has 1 amide bonds. The first kappa shape index (κ1) is 23.0. The second kappa shape index (κ2) is 10.3. The maximum Gasteiger partial charge on any atom is 0.251 e. The number of rotatable bonds is 8. The van der Waals surface area contributed by atoms with Crippen LogP contribution in [0.15, 0.2) is 89.8 Å². The van der Waals surface area contributed by atoms with Crippen LogP contribution in [0.25, 0.3) is 16.9 Å². The second-order valence-corrected chi connectivity index (χ2v) is 8.32. The van der Waals surface area contributed by atoms with Crippen LogP contribution >= 0.6 is 0 Å².